The Balaban J connectivity index is 1.95. The molecule has 1 aliphatic rings. The molecule has 0 fully saturated rings. The number of ether oxygens (including phenoxy) is 3. The van der Waals surface area contributed by atoms with Gasteiger partial charge < -0.3 is 19.2 Å². The van der Waals surface area contributed by atoms with Crippen LogP contribution in [0.5, 0.6) is 17.2 Å². The minimum atomic E-state index is -0.174. The van der Waals surface area contributed by atoms with E-state index in [-0.39, 0.29) is 12.4 Å². The molecule has 0 amide bonds. The molecule has 6 heteroatoms. The van der Waals surface area contributed by atoms with Crippen LogP contribution >= 0.6 is 0 Å². The maximum atomic E-state index is 11.9. The van der Waals surface area contributed by atoms with Gasteiger partial charge in [0.15, 0.2) is 11.5 Å². The molecule has 0 unspecified atom stereocenters. The standard InChI is InChI=1S/C16H12N2O4/c1-20-13-6-15-14(21-8-22-15)5-10(13)9-2-3-12-11(4-9)16(19)18-7-17-12/h2-7H,8H2,1H3,(H,17,18,19). The Morgan fingerprint density at radius 3 is 2.82 bits per heavy atom. The molecule has 0 spiro atoms. The summed E-state index contributed by atoms with van der Waals surface area (Å²) in [4.78, 5) is 18.7. The van der Waals surface area contributed by atoms with Crippen LogP contribution < -0.4 is 19.8 Å². The summed E-state index contributed by atoms with van der Waals surface area (Å²) < 4.78 is 16.2. The smallest absolute Gasteiger partial charge is 0.258 e. The number of methoxy groups -OCH3 is 1. The third kappa shape index (κ3) is 1.88. The first-order valence-corrected chi connectivity index (χ1v) is 6.72. The van der Waals surface area contributed by atoms with Crippen LogP contribution in [0.3, 0.4) is 0 Å². The van der Waals surface area contributed by atoms with Crippen LogP contribution in [0.2, 0.25) is 0 Å². The second-order valence-corrected chi connectivity index (χ2v) is 4.87. The first-order valence-electron chi connectivity index (χ1n) is 6.72. The minimum Gasteiger partial charge on any atom is -0.496 e. The van der Waals surface area contributed by atoms with Gasteiger partial charge in [0.2, 0.25) is 6.79 Å². The Hall–Kier alpha value is -3.02. The van der Waals surface area contributed by atoms with Crippen molar-refractivity contribution in [3.8, 4) is 28.4 Å². The predicted octanol–water partition coefficient (Wildman–Crippen LogP) is 2.33. The largest absolute Gasteiger partial charge is 0.496 e. The van der Waals surface area contributed by atoms with Crippen LogP contribution in [-0.4, -0.2) is 23.9 Å². The van der Waals surface area contributed by atoms with E-state index in [1.54, 1.807) is 19.2 Å². The monoisotopic (exact) mass is 296 g/mol. The molecule has 0 saturated heterocycles. The van der Waals surface area contributed by atoms with Crippen molar-refractivity contribution >= 4 is 10.9 Å². The zero-order valence-electron chi connectivity index (χ0n) is 11.8. The van der Waals surface area contributed by atoms with Crippen LogP contribution in [0, 0.1) is 0 Å². The third-order valence-electron chi connectivity index (χ3n) is 3.65. The highest BCUT2D eigenvalue weighted by atomic mass is 16.7. The van der Waals surface area contributed by atoms with Crippen LogP contribution in [0.4, 0.5) is 0 Å². The molecule has 0 aliphatic carbocycles. The van der Waals surface area contributed by atoms with Crippen molar-refractivity contribution in [3.05, 3.63) is 47.0 Å². The molecule has 1 aliphatic heterocycles. The van der Waals surface area contributed by atoms with E-state index in [1.165, 1.54) is 6.33 Å². The van der Waals surface area contributed by atoms with E-state index in [9.17, 15) is 4.79 Å². The average Bonchev–Trinajstić information content (AvgIpc) is 3.01. The summed E-state index contributed by atoms with van der Waals surface area (Å²) in [6.07, 6.45) is 1.39. The maximum absolute atomic E-state index is 11.9. The van der Waals surface area contributed by atoms with E-state index < -0.39 is 0 Å². The van der Waals surface area contributed by atoms with Gasteiger partial charge in [0.1, 0.15) is 5.75 Å². The first kappa shape index (κ1) is 12.7. The fourth-order valence-corrected chi connectivity index (χ4v) is 2.55. The summed E-state index contributed by atoms with van der Waals surface area (Å²) in [7, 11) is 1.59. The van der Waals surface area contributed by atoms with E-state index in [1.807, 2.05) is 18.2 Å². The molecule has 0 saturated carbocycles. The number of rotatable bonds is 2. The van der Waals surface area contributed by atoms with Gasteiger partial charge in [-0.05, 0) is 23.8 Å². The van der Waals surface area contributed by atoms with Gasteiger partial charge >= 0.3 is 0 Å². The molecule has 1 N–H and O–H groups in total. The van der Waals surface area contributed by atoms with Gasteiger partial charge in [-0.2, -0.15) is 0 Å². The van der Waals surface area contributed by atoms with Gasteiger partial charge in [0.25, 0.3) is 5.56 Å². The molecule has 110 valence electrons. The highest BCUT2D eigenvalue weighted by molar-refractivity contribution is 5.85. The number of aromatic amines is 1. The third-order valence-corrected chi connectivity index (χ3v) is 3.65. The molecule has 0 radical (unpaired) electrons. The Morgan fingerprint density at radius 1 is 1.18 bits per heavy atom. The minimum absolute atomic E-state index is 0.174. The Labute approximate surface area is 125 Å². The number of hydrogen-bond acceptors (Lipinski definition) is 5. The van der Waals surface area contributed by atoms with Crippen molar-refractivity contribution in [2.75, 3.05) is 13.9 Å². The zero-order chi connectivity index (χ0) is 15.1. The number of benzene rings is 2. The molecule has 0 atom stereocenters. The second-order valence-electron chi connectivity index (χ2n) is 4.87. The van der Waals surface area contributed by atoms with E-state index >= 15 is 0 Å². The molecule has 3 aromatic rings. The van der Waals surface area contributed by atoms with E-state index in [0.717, 1.165) is 11.1 Å². The molecule has 4 rings (SSSR count). The summed E-state index contributed by atoms with van der Waals surface area (Å²) in [6, 6.07) is 9.14. The Kier molecular flexibility index (Phi) is 2.75. The highest BCUT2D eigenvalue weighted by Gasteiger charge is 2.19. The van der Waals surface area contributed by atoms with Crippen molar-refractivity contribution in [2.45, 2.75) is 0 Å². The van der Waals surface area contributed by atoms with Gasteiger partial charge in [-0.1, -0.05) is 6.07 Å². The van der Waals surface area contributed by atoms with Gasteiger partial charge in [-0.25, -0.2) is 4.98 Å². The summed E-state index contributed by atoms with van der Waals surface area (Å²) in [5.74, 6) is 1.97. The maximum Gasteiger partial charge on any atom is 0.258 e. The zero-order valence-corrected chi connectivity index (χ0v) is 11.8. The van der Waals surface area contributed by atoms with Crippen LogP contribution in [-0.2, 0) is 0 Å². The van der Waals surface area contributed by atoms with E-state index in [2.05, 4.69) is 9.97 Å². The molecular weight excluding hydrogens is 284 g/mol. The second kappa shape index (κ2) is 4.77. The fourth-order valence-electron chi connectivity index (χ4n) is 2.55. The fraction of sp³-hybridized carbons (Fsp3) is 0.125. The number of H-pyrrole nitrogens is 1. The quantitative estimate of drug-likeness (QED) is 0.785. The summed E-state index contributed by atoms with van der Waals surface area (Å²) in [6.45, 7) is 0.198. The Morgan fingerprint density at radius 2 is 2.00 bits per heavy atom. The van der Waals surface area contributed by atoms with E-state index in [0.29, 0.717) is 28.2 Å². The molecule has 2 heterocycles. The van der Waals surface area contributed by atoms with Crippen molar-refractivity contribution < 1.29 is 14.2 Å². The molecule has 6 nitrogen and oxygen atoms in total. The SMILES string of the molecule is COc1cc2c(cc1-c1ccc3nc[nH]c(=O)c3c1)OCO2. The lowest BCUT2D eigenvalue weighted by Gasteiger charge is -2.10. The van der Waals surface area contributed by atoms with Gasteiger partial charge in [0.05, 0.1) is 24.3 Å². The van der Waals surface area contributed by atoms with Crippen LogP contribution in [0.25, 0.3) is 22.0 Å². The molecule has 2 aromatic carbocycles. The highest BCUT2D eigenvalue weighted by Crippen LogP contribution is 2.42. The molecule has 22 heavy (non-hydrogen) atoms. The van der Waals surface area contributed by atoms with Gasteiger partial charge in [-0.15, -0.1) is 0 Å². The van der Waals surface area contributed by atoms with Crippen molar-refractivity contribution in [2.24, 2.45) is 0 Å². The number of fused-ring (bicyclic) bond motifs is 2. The molecular formula is C16H12N2O4. The Bertz CT molecular complexity index is 933. The number of hydrogen-bond donors (Lipinski definition) is 1. The predicted molar refractivity (Wildman–Crippen MR) is 80.5 cm³/mol. The van der Waals surface area contributed by atoms with Crippen LogP contribution in [0.15, 0.2) is 41.5 Å². The average molecular weight is 296 g/mol. The van der Waals surface area contributed by atoms with Crippen molar-refractivity contribution in [1.29, 1.82) is 0 Å². The summed E-state index contributed by atoms with van der Waals surface area (Å²) in [5, 5.41) is 0.528. The van der Waals surface area contributed by atoms with Crippen LogP contribution in [0.1, 0.15) is 0 Å². The van der Waals surface area contributed by atoms with Gasteiger partial charge in [-0.3, -0.25) is 4.79 Å². The first-order chi connectivity index (χ1) is 10.8. The normalized spacial score (nSPS) is 12.6. The summed E-state index contributed by atoms with van der Waals surface area (Å²) >= 11 is 0. The summed E-state index contributed by atoms with van der Waals surface area (Å²) in [5.41, 5.74) is 2.15. The van der Waals surface area contributed by atoms with E-state index in [4.69, 9.17) is 14.2 Å². The lowest BCUT2D eigenvalue weighted by Crippen LogP contribution is -2.06. The molecule has 0 bridgehead atoms. The number of aromatic nitrogens is 2. The van der Waals surface area contributed by atoms with Crippen molar-refractivity contribution in [3.63, 3.8) is 0 Å². The van der Waals surface area contributed by atoms with Gasteiger partial charge in [0, 0.05) is 11.6 Å². The number of nitrogens with zero attached hydrogens (tertiary/aromatic N) is 1. The lowest BCUT2D eigenvalue weighted by atomic mass is 10.0. The lowest BCUT2D eigenvalue weighted by molar-refractivity contribution is 0.174. The topological polar surface area (TPSA) is 73.4 Å². The molecule has 1 aromatic heterocycles. The van der Waals surface area contributed by atoms with Crippen molar-refractivity contribution in [1.82, 2.24) is 9.97 Å². The number of nitrogens with one attached hydrogen (secondary N) is 1.